The number of amides is 2. The van der Waals surface area contributed by atoms with E-state index in [1.807, 2.05) is 65.0 Å². The van der Waals surface area contributed by atoms with Crippen LogP contribution in [0.4, 0.5) is 0 Å². The van der Waals surface area contributed by atoms with E-state index in [-0.39, 0.29) is 29.2 Å². The van der Waals surface area contributed by atoms with Crippen LogP contribution in [-0.2, 0) is 19.9 Å². The van der Waals surface area contributed by atoms with Gasteiger partial charge in [-0.05, 0) is 49.6 Å². The van der Waals surface area contributed by atoms with E-state index < -0.39 is 29.0 Å². The Hall–Kier alpha value is -2.67. The molecule has 1 unspecified atom stereocenters. The molecule has 0 aromatic heterocycles. The van der Waals surface area contributed by atoms with Crippen LogP contribution in [0.15, 0.2) is 42.0 Å². The van der Waals surface area contributed by atoms with Crippen molar-refractivity contribution in [1.82, 2.24) is 15.5 Å². The van der Waals surface area contributed by atoms with Gasteiger partial charge in [0.15, 0.2) is 0 Å². The minimum Gasteiger partial charge on any atom is -0.478 e. The first-order valence-electron chi connectivity index (χ1n) is 12.0. The zero-order valence-corrected chi connectivity index (χ0v) is 21.8. The monoisotopic (exact) mass is 471 g/mol. The summed E-state index contributed by atoms with van der Waals surface area (Å²) >= 11 is 0. The predicted molar refractivity (Wildman–Crippen MR) is 134 cm³/mol. The molecule has 0 radical (unpaired) electrons. The van der Waals surface area contributed by atoms with Gasteiger partial charge in [-0.2, -0.15) is 0 Å². The molecule has 0 heterocycles. The van der Waals surface area contributed by atoms with Gasteiger partial charge in [-0.1, -0.05) is 71.0 Å². The van der Waals surface area contributed by atoms with Crippen LogP contribution in [0, 0.1) is 17.3 Å². The topological polar surface area (TPSA) is 98.7 Å². The number of carbonyl (C=O) groups is 3. The van der Waals surface area contributed by atoms with Crippen molar-refractivity contribution in [3.63, 3.8) is 0 Å². The molecule has 2 rings (SSSR count). The van der Waals surface area contributed by atoms with Gasteiger partial charge in [0.1, 0.15) is 11.6 Å². The van der Waals surface area contributed by atoms with Crippen molar-refractivity contribution in [2.24, 2.45) is 17.3 Å². The summed E-state index contributed by atoms with van der Waals surface area (Å²) in [5.74, 6) is -1.34. The maximum Gasteiger partial charge on any atom is 0.331 e. The van der Waals surface area contributed by atoms with Gasteiger partial charge in [-0.25, -0.2) is 4.79 Å². The molecule has 1 aliphatic rings. The lowest BCUT2D eigenvalue weighted by atomic mass is 9.81. The number of likely N-dealkylation sites (N-methyl/N-ethyl adjacent to an activating group) is 2. The van der Waals surface area contributed by atoms with E-state index in [0.29, 0.717) is 0 Å². The maximum absolute atomic E-state index is 13.9. The fourth-order valence-corrected chi connectivity index (χ4v) is 4.55. The zero-order valence-electron chi connectivity index (χ0n) is 21.8. The lowest BCUT2D eigenvalue weighted by Crippen LogP contribution is -2.62. The highest BCUT2D eigenvalue weighted by atomic mass is 16.4. The molecule has 2 amide bonds. The molecular formula is C27H41N3O4. The largest absolute Gasteiger partial charge is 0.478 e. The number of rotatable bonds is 10. The van der Waals surface area contributed by atoms with E-state index >= 15 is 0 Å². The van der Waals surface area contributed by atoms with Crippen LogP contribution in [0.25, 0.3) is 0 Å². The average Bonchev–Trinajstić information content (AvgIpc) is 3.61. The molecule has 1 saturated carbocycles. The van der Waals surface area contributed by atoms with Crippen molar-refractivity contribution in [2.45, 2.75) is 72.0 Å². The van der Waals surface area contributed by atoms with Crippen LogP contribution < -0.4 is 10.6 Å². The molecule has 7 nitrogen and oxygen atoms in total. The Bertz CT molecular complexity index is 916. The first-order valence-corrected chi connectivity index (χ1v) is 12.0. The van der Waals surface area contributed by atoms with Crippen LogP contribution in [0.2, 0.25) is 0 Å². The Morgan fingerprint density at radius 2 is 1.68 bits per heavy atom. The number of carbonyl (C=O) groups excluding carboxylic acids is 2. The Kier molecular flexibility index (Phi) is 8.70. The van der Waals surface area contributed by atoms with Gasteiger partial charge >= 0.3 is 5.97 Å². The molecule has 0 spiro atoms. The van der Waals surface area contributed by atoms with Gasteiger partial charge in [-0.3, -0.25) is 9.59 Å². The fraction of sp³-hybridized carbons (Fsp3) is 0.593. The maximum atomic E-state index is 13.9. The van der Waals surface area contributed by atoms with Crippen molar-refractivity contribution >= 4 is 17.8 Å². The fourth-order valence-electron chi connectivity index (χ4n) is 4.55. The molecule has 1 fully saturated rings. The summed E-state index contributed by atoms with van der Waals surface area (Å²) in [4.78, 5) is 40.6. The van der Waals surface area contributed by atoms with Crippen LogP contribution in [0.1, 0.15) is 59.9 Å². The number of hydrogen-bond acceptors (Lipinski definition) is 4. The molecule has 1 aromatic carbocycles. The van der Waals surface area contributed by atoms with Crippen molar-refractivity contribution < 1.29 is 19.5 Å². The highest BCUT2D eigenvalue weighted by Crippen LogP contribution is 2.46. The van der Waals surface area contributed by atoms with E-state index in [4.69, 9.17) is 0 Å². The summed E-state index contributed by atoms with van der Waals surface area (Å²) in [7, 11) is 3.46. The van der Waals surface area contributed by atoms with Gasteiger partial charge in [0.25, 0.3) is 0 Å². The molecule has 3 atom stereocenters. The summed E-state index contributed by atoms with van der Waals surface area (Å²) in [5.41, 5.74) is -0.415. The van der Waals surface area contributed by atoms with E-state index in [1.165, 1.54) is 6.92 Å². The summed E-state index contributed by atoms with van der Waals surface area (Å²) < 4.78 is 0. The summed E-state index contributed by atoms with van der Waals surface area (Å²) in [5, 5.41) is 15.7. The molecule has 1 aromatic rings. The van der Waals surface area contributed by atoms with Gasteiger partial charge in [-0.15, -0.1) is 0 Å². The summed E-state index contributed by atoms with van der Waals surface area (Å²) in [6, 6.07) is 8.44. The van der Waals surface area contributed by atoms with Crippen LogP contribution in [0.5, 0.6) is 0 Å². The molecule has 1 aliphatic carbocycles. The second-order valence-corrected chi connectivity index (χ2v) is 10.8. The number of carboxylic acids is 1. The Labute approximate surface area is 204 Å². The van der Waals surface area contributed by atoms with Crippen molar-refractivity contribution in [2.75, 3.05) is 14.1 Å². The first-order chi connectivity index (χ1) is 15.8. The Balaban J connectivity index is 2.42. The third kappa shape index (κ3) is 5.87. The van der Waals surface area contributed by atoms with Gasteiger partial charge in [0.05, 0.1) is 6.04 Å². The molecule has 0 saturated heterocycles. The van der Waals surface area contributed by atoms with E-state index in [9.17, 15) is 19.5 Å². The lowest BCUT2D eigenvalue weighted by Gasteiger charge is -2.40. The molecule has 188 valence electrons. The molecular weight excluding hydrogens is 430 g/mol. The average molecular weight is 472 g/mol. The normalized spacial score (nSPS) is 18.1. The summed E-state index contributed by atoms with van der Waals surface area (Å²) in [6.45, 7) is 11.2. The zero-order chi connectivity index (χ0) is 25.8. The van der Waals surface area contributed by atoms with Crippen molar-refractivity contribution in [3.05, 3.63) is 47.5 Å². The first kappa shape index (κ1) is 27.6. The smallest absolute Gasteiger partial charge is 0.331 e. The summed E-state index contributed by atoms with van der Waals surface area (Å²) in [6.07, 6.45) is 3.48. The third-order valence-corrected chi connectivity index (χ3v) is 6.80. The van der Waals surface area contributed by atoms with Crippen LogP contribution in [0.3, 0.4) is 0 Å². The van der Waals surface area contributed by atoms with E-state index in [1.54, 1.807) is 25.1 Å². The van der Waals surface area contributed by atoms with E-state index in [2.05, 4.69) is 10.6 Å². The molecule has 34 heavy (non-hydrogen) atoms. The number of benzene rings is 1. The van der Waals surface area contributed by atoms with Gasteiger partial charge in [0, 0.05) is 12.6 Å². The minimum absolute atomic E-state index is 0.00764. The van der Waals surface area contributed by atoms with Crippen LogP contribution in [-0.4, -0.2) is 54.0 Å². The number of nitrogens with one attached hydrogen (secondary N) is 2. The number of aliphatic carboxylic acids is 1. The van der Waals surface area contributed by atoms with Crippen molar-refractivity contribution in [1.29, 1.82) is 0 Å². The quantitative estimate of drug-likeness (QED) is 0.453. The number of hydrogen-bond donors (Lipinski definition) is 3. The van der Waals surface area contributed by atoms with Gasteiger partial charge < -0.3 is 20.6 Å². The second kappa shape index (κ2) is 10.7. The SMILES string of the molecule is CNC(C(=O)N[C@H](C(=O)N(C)[C@H](/C=C(\C)C(=O)O)C(C)C)C(C)(C)C)(c1ccccc1)C1CC1. The molecule has 0 aliphatic heterocycles. The Morgan fingerprint density at radius 3 is 2.09 bits per heavy atom. The van der Waals surface area contributed by atoms with Gasteiger partial charge in [0.2, 0.25) is 11.8 Å². The lowest BCUT2D eigenvalue weighted by molar-refractivity contribution is -0.142. The second-order valence-electron chi connectivity index (χ2n) is 10.8. The molecule has 0 bridgehead atoms. The highest BCUT2D eigenvalue weighted by Gasteiger charge is 2.52. The van der Waals surface area contributed by atoms with Crippen LogP contribution >= 0.6 is 0 Å². The number of carboxylic acid groups (broad SMARTS) is 1. The Morgan fingerprint density at radius 1 is 1.12 bits per heavy atom. The van der Waals surface area contributed by atoms with E-state index in [0.717, 1.165) is 18.4 Å². The molecule has 7 heteroatoms. The third-order valence-electron chi connectivity index (χ3n) is 6.80. The minimum atomic E-state index is -1.02. The number of nitrogens with zero attached hydrogens (tertiary/aromatic N) is 1. The van der Waals surface area contributed by atoms with Crippen molar-refractivity contribution in [3.8, 4) is 0 Å². The predicted octanol–water partition coefficient (Wildman–Crippen LogP) is 3.56. The molecule has 3 N–H and O–H groups in total. The highest BCUT2D eigenvalue weighted by molar-refractivity contribution is 5.94. The standard InChI is InChI=1S/C27H41N3O4/c1-17(2)21(16-18(3)24(32)33)30(8)23(31)22(26(4,5)6)29-25(34)27(28-7,20-14-15-20)19-12-10-9-11-13-19/h9-13,16-17,20-22,28H,14-15H2,1-8H3,(H,29,34)(H,32,33)/b18-16+/t21-,22-,27?/m1/s1.